The Morgan fingerprint density at radius 2 is 2.05 bits per heavy atom. The zero-order chi connectivity index (χ0) is 15.5. The number of halogens is 1. The number of nitrogens with zero attached hydrogens (tertiary/aromatic N) is 3. The van der Waals surface area contributed by atoms with Crippen LogP contribution in [0.5, 0.6) is 0 Å². The van der Waals surface area contributed by atoms with E-state index in [0.29, 0.717) is 23.9 Å². The summed E-state index contributed by atoms with van der Waals surface area (Å²) < 4.78 is 0. The van der Waals surface area contributed by atoms with Gasteiger partial charge in [0.2, 0.25) is 0 Å². The highest BCUT2D eigenvalue weighted by Crippen LogP contribution is 2.21. The Hall–Kier alpha value is -1.37. The number of likely N-dealkylation sites (tertiary alicyclic amines) is 2. The van der Waals surface area contributed by atoms with Crippen molar-refractivity contribution in [2.24, 2.45) is 0 Å². The number of carbonyl (C=O) groups excluding carboxylic acids is 1. The van der Waals surface area contributed by atoms with E-state index in [-0.39, 0.29) is 12.1 Å². The van der Waals surface area contributed by atoms with Crippen LogP contribution in [0.3, 0.4) is 0 Å². The first-order valence-electron chi connectivity index (χ1n) is 7.73. The molecule has 0 bridgehead atoms. The molecule has 3 rings (SSSR count). The molecule has 0 spiro atoms. The predicted octanol–water partition coefficient (Wildman–Crippen LogP) is 1.80. The smallest absolute Gasteiger partial charge is 0.322 e. The van der Waals surface area contributed by atoms with E-state index in [0.717, 1.165) is 13.1 Å². The fraction of sp³-hybridized carbons (Fsp3) is 0.600. The van der Waals surface area contributed by atoms with Gasteiger partial charge in [-0.3, -0.25) is 4.90 Å². The lowest BCUT2D eigenvalue weighted by Crippen LogP contribution is -2.46. The molecule has 2 aliphatic heterocycles. The van der Waals surface area contributed by atoms with Crippen molar-refractivity contribution in [2.75, 3.05) is 31.5 Å². The lowest BCUT2D eigenvalue weighted by molar-refractivity contribution is 0.0706. The Bertz CT molecular complexity index is 519. The second-order valence-corrected chi connectivity index (χ2v) is 6.32. The Balaban J connectivity index is 1.58. The number of urea groups is 1. The highest BCUT2D eigenvalue weighted by Gasteiger charge is 2.37. The van der Waals surface area contributed by atoms with E-state index in [1.54, 1.807) is 17.0 Å². The Morgan fingerprint density at radius 3 is 2.73 bits per heavy atom. The number of aliphatic hydroxyl groups is 1. The molecule has 2 aliphatic rings. The van der Waals surface area contributed by atoms with Gasteiger partial charge in [-0.1, -0.05) is 18.0 Å². The monoisotopic (exact) mass is 324 g/mol. The van der Waals surface area contributed by atoms with Crippen molar-refractivity contribution >= 4 is 23.3 Å². The molecule has 6 nitrogen and oxygen atoms in total. The maximum atomic E-state index is 12.3. The summed E-state index contributed by atoms with van der Waals surface area (Å²) in [7, 11) is 0. The quantitative estimate of drug-likeness (QED) is 0.814. The van der Waals surface area contributed by atoms with Crippen molar-refractivity contribution in [1.29, 1.82) is 0 Å². The minimum atomic E-state index is -0.479. The predicted molar refractivity (Wildman–Crippen MR) is 85.1 cm³/mol. The number of nitrogens with one attached hydrogen (secondary N) is 1. The van der Waals surface area contributed by atoms with E-state index in [2.05, 4.69) is 15.2 Å². The summed E-state index contributed by atoms with van der Waals surface area (Å²) in [5.41, 5.74) is 0.602. The number of aliphatic hydroxyl groups excluding tert-OH is 1. The Morgan fingerprint density at radius 1 is 1.27 bits per heavy atom. The van der Waals surface area contributed by atoms with Crippen molar-refractivity contribution in [2.45, 2.75) is 31.4 Å². The standard InChI is InChI=1S/C15H21ClN4O2/c16-14-5-4-11(8-17-14)18-15(22)20-9-12(13(21)10-20)19-6-2-1-3-7-19/h4-5,8,12-13,21H,1-3,6-7,9-10H2,(H,18,22)/t12-,13-/m1/s1. The molecule has 2 atom stereocenters. The first kappa shape index (κ1) is 15.5. The second kappa shape index (κ2) is 6.81. The molecular formula is C15H21ClN4O2. The van der Waals surface area contributed by atoms with E-state index >= 15 is 0 Å². The number of carbonyl (C=O) groups is 1. The van der Waals surface area contributed by atoms with Crippen LogP contribution in [-0.4, -0.2) is 64.2 Å². The molecule has 2 saturated heterocycles. The minimum Gasteiger partial charge on any atom is -0.390 e. The van der Waals surface area contributed by atoms with Gasteiger partial charge in [-0.05, 0) is 38.1 Å². The number of pyridine rings is 1. The topological polar surface area (TPSA) is 68.7 Å². The van der Waals surface area contributed by atoms with Crippen molar-refractivity contribution in [3.8, 4) is 0 Å². The van der Waals surface area contributed by atoms with Crippen molar-refractivity contribution in [3.63, 3.8) is 0 Å². The van der Waals surface area contributed by atoms with Gasteiger partial charge in [0, 0.05) is 6.54 Å². The van der Waals surface area contributed by atoms with Gasteiger partial charge in [-0.2, -0.15) is 0 Å². The molecule has 1 aromatic heterocycles. The van der Waals surface area contributed by atoms with E-state index in [1.165, 1.54) is 25.5 Å². The highest BCUT2D eigenvalue weighted by atomic mass is 35.5. The van der Waals surface area contributed by atoms with Gasteiger partial charge in [0.25, 0.3) is 0 Å². The third-order valence-electron chi connectivity index (χ3n) is 4.38. The molecule has 0 unspecified atom stereocenters. The number of β-amino-alcohol motifs (C(OH)–C–C–N with tert-alkyl or cyclic N) is 1. The molecule has 0 aliphatic carbocycles. The lowest BCUT2D eigenvalue weighted by Gasteiger charge is -2.33. The number of hydrogen-bond acceptors (Lipinski definition) is 4. The van der Waals surface area contributed by atoms with Gasteiger partial charge in [0.15, 0.2) is 0 Å². The SMILES string of the molecule is O=C(Nc1ccc(Cl)nc1)N1C[C@@H](O)[C@H](N2CCCCC2)C1. The number of aromatic nitrogens is 1. The number of hydrogen-bond donors (Lipinski definition) is 2. The van der Waals surface area contributed by atoms with Crippen molar-refractivity contribution < 1.29 is 9.90 Å². The van der Waals surface area contributed by atoms with Crippen LogP contribution in [0.1, 0.15) is 19.3 Å². The minimum absolute atomic E-state index is 0.0504. The number of rotatable bonds is 2. The molecule has 22 heavy (non-hydrogen) atoms. The van der Waals surface area contributed by atoms with Gasteiger partial charge in [0.05, 0.1) is 30.6 Å². The van der Waals surface area contributed by atoms with Crippen LogP contribution in [0, 0.1) is 0 Å². The molecule has 120 valence electrons. The second-order valence-electron chi connectivity index (χ2n) is 5.94. The maximum absolute atomic E-state index is 12.3. The van der Waals surface area contributed by atoms with Crippen LogP contribution >= 0.6 is 11.6 Å². The van der Waals surface area contributed by atoms with Crippen LogP contribution in [0.2, 0.25) is 5.15 Å². The first-order chi connectivity index (χ1) is 10.6. The van der Waals surface area contributed by atoms with Gasteiger partial charge in [0.1, 0.15) is 5.15 Å². The summed E-state index contributed by atoms with van der Waals surface area (Å²) in [6.45, 7) is 2.96. The average Bonchev–Trinajstić information content (AvgIpc) is 2.92. The van der Waals surface area contributed by atoms with Crippen molar-refractivity contribution in [3.05, 3.63) is 23.5 Å². The van der Waals surface area contributed by atoms with E-state index in [1.807, 2.05) is 0 Å². The molecule has 2 fully saturated rings. The molecule has 0 aromatic carbocycles. The largest absolute Gasteiger partial charge is 0.390 e. The molecule has 2 N–H and O–H groups in total. The van der Waals surface area contributed by atoms with Crippen LogP contribution in [0.15, 0.2) is 18.3 Å². The number of piperidine rings is 1. The summed E-state index contributed by atoms with van der Waals surface area (Å²) in [6, 6.07) is 3.19. The van der Waals surface area contributed by atoms with Crippen LogP contribution < -0.4 is 5.32 Å². The Kier molecular flexibility index (Phi) is 4.81. The van der Waals surface area contributed by atoms with Gasteiger partial charge in [-0.15, -0.1) is 0 Å². The molecule has 3 heterocycles. The first-order valence-corrected chi connectivity index (χ1v) is 8.11. The third kappa shape index (κ3) is 3.51. The zero-order valence-electron chi connectivity index (χ0n) is 12.4. The fourth-order valence-corrected chi connectivity index (χ4v) is 3.31. The van der Waals surface area contributed by atoms with Crippen LogP contribution in [0.25, 0.3) is 0 Å². The van der Waals surface area contributed by atoms with Gasteiger partial charge < -0.3 is 15.3 Å². The molecule has 2 amide bonds. The van der Waals surface area contributed by atoms with E-state index in [4.69, 9.17) is 11.6 Å². The molecule has 0 saturated carbocycles. The lowest BCUT2D eigenvalue weighted by atomic mass is 10.1. The van der Waals surface area contributed by atoms with Crippen LogP contribution in [-0.2, 0) is 0 Å². The van der Waals surface area contributed by atoms with Crippen molar-refractivity contribution in [1.82, 2.24) is 14.8 Å². The fourth-order valence-electron chi connectivity index (χ4n) is 3.20. The number of anilines is 1. The van der Waals surface area contributed by atoms with E-state index in [9.17, 15) is 9.90 Å². The molecule has 7 heteroatoms. The normalized spacial score (nSPS) is 26.2. The average molecular weight is 325 g/mol. The van der Waals surface area contributed by atoms with Gasteiger partial charge >= 0.3 is 6.03 Å². The van der Waals surface area contributed by atoms with Crippen LogP contribution in [0.4, 0.5) is 10.5 Å². The summed E-state index contributed by atoms with van der Waals surface area (Å²) >= 11 is 5.73. The third-order valence-corrected chi connectivity index (χ3v) is 4.61. The number of amides is 2. The van der Waals surface area contributed by atoms with E-state index < -0.39 is 6.10 Å². The maximum Gasteiger partial charge on any atom is 0.322 e. The summed E-state index contributed by atoms with van der Waals surface area (Å²) in [5, 5.41) is 13.4. The zero-order valence-corrected chi connectivity index (χ0v) is 13.2. The molecular weight excluding hydrogens is 304 g/mol. The Labute approximate surface area is 135 Å². The summed E-state index contributed by atoms with van der Waals surface area (Å²) in [5.74, 6) is 0. The highest BCUT2D eigenvalue weighted by molar-refractivity contribution is 6.29. The molecule has 1 aromatic rings. The van der Waals surface area contributed by atoms with Gasteiger partial charge in [-0.25, -0.2) is 9.78 Å². The molecule has 0 radical (unpaired) electrons. The summed E-state index contributed by atoms with van der Waals surface area (Å²) in [4.78, 5) is 20.2. The summed E-state index contributed by atoms with van der Waals surface area (Å²) in [6.07, 6.45) is 4.65.